The van der Waals surface area contributed by atoms with Crippen LogP contribution in [0, 0.1) is 0 Å². The number of rotatable bonds is 2. The van der Waals surface area contributed by atoms with Crippen molar-refractivity contribution >= 4 is 5.97 Å². The van der Waals surface area contributed by atoms with Crippen LogP contribution in [0.15, 0.2) is 0 Å². The van der Waals surface area contributed by atoms with Crippen LogP contribution in [0.2, 0.25) is 0 Å². The Labute approximate surface area is 66.7 Å². The molecule has 0 amide bonds. The Balaban J connectivity index is 2.28. The molecule has 0 N–H and O–H groups in total. The van der Waals surface area contributed by atoms with E-state index in [1.807, 2.05) is 6.92 Å². The summed E-state index contributed by atoms with van der Waals surface area (Å²) < 4.78 is 10.2. The van der Waals surface area contributed by atoms with E-state index in [0.717, 1.165) is 19.4 Å². The number of carbonyl (C=O) groups is 1. The van der Waals surface area contributed by atoms with Gasteiger partial charge >= 0.3 is 5.97 Å². The van der Waals surface area contributed by atoms with E-state index >= 15 is 0 Å². The molecule has 0 spiro atoms. The largest absolute Gasteiger partial charge is 0.466 e. The summed E-state index contributed by atoms with van der Waals surface area (Å²) in [5.41, 5.74) is 0. The Kier molecular flexibility index (Phi) is 3.36. The molecule has 11 heavy (non-hydrogen) atoms. The van der Waals surface area contributed by atoms with Crippen molar-refractivity contribution in [1.82, 2.24) is 0 Å². The van der Waals surface area contributed by atoms with Crippen molar-refractivity contribution in [3.8, 4) is 0 Å². The zero-order valence-electron chi connectivity index (χ0n) is 6.84. The fourth-order valence-electron chi connectivity index (χ4n) is 1.20. The fraction of sp³-hybridized carbons (Fsp3) is 0.875. The fourth-order valence-corrected chi connectivity index (χ4v) is 1.20. The van der Waals surface area contributed by atoms with Crippen molar-refractivity contribution in [2.24, 2.45) is 0 Å². The maximum absolute atomic E-state index is 10.8. The molecule has 0 aromatic rings. The molecule has 1 aliphatic rings. The lowest BCUT2D eigenvalue weighted by molar-refractivity contribution is -0.142. The van der Waals surface area contributed by atoms with Gasteiger partial charge in [0.05, 0.1) is 12.7 Å². The first-order valence-electron chi connectivity index (χ1n) is 4.10. The van der Waals surface area contributed by atoms with Crippen LogP contribution in [0.5, 0.6) is 0 Å². The van der Waals surface area contributed by atoms with Crippen LogP contribution in [0.1, 0.15) is 26.2 Å². The van der Waals surface area contributed by atoms with E-state index in [9.17, 15) is 4.79 Å². The van der Waals surface area contributed by atoms with Crippen LogP contribution in [0.25, 0.3) is 0 Å². The summed E-state index contributed by atoms with van der Waals surface area (Å²) in [5.74, 6) is -0.0906. The monoisotopic (exact) mass is 158 g/mol. The van der Waals surface area contributed by atoms with Gasteiger partial charge in [0, 0.05) is 19.4 Å². The molecular weight excluding hydrogens is 144 g/mol. The summed E-state index contributed by atoms with van der Waals surface area (Å²) in [6.45, 7) is 3.20. The lowest BCUT2D eigenvalue weighted by Gasteiger charge is -2.11. The number of hydrogen-bond acceptors (Lipinski definition) is 3. The number of hydrogen-bond donors (Lipinski definition) is 0. The molecular formula is C8H14O3. The lowest BCUT2D eigenvalue weighted by Crippen LogP contribution is -2.12. The lowest BCUT2D eigenvalue weighted by atomic mass is 10.1. The maximum Gasteiger partial charge on any atom is 0.305 e. The molecule has 0 aliphatic carbocycles. The highest BCUT2D eigenvalue weighted by molar-refractivity contribution is 5.69. The second-order valence-electron chi connectivity index (χ2n) is 2.63. The molecule has 1 saturated heterocycles. The highest BCUT2D eigenvalue weighted by Gasteiger charge is 2.16. The number of cyclic esters (lactones) is 1. The van der Waals surface area contributed by atoms with Crippen LogP contribution in [0.4, 0.5) is 0 Å². The van der Waals surface area contributed by atoms with E-state index in [0.29, 0.717) is 13.0 Å². The second-order valence-corrected chi connectivity index (χ2v) is 2.63. The van der Waals surface area contributed by atoms with Crippen molar-refractivity contribution in [3.05, 3.63) is 0 Å². The summed E-state index contributed by atoms with van der Waals surface area (Å²) in [6.07, 6.45) is 2.39. The first-order valence-corrected chi connectivity index (χ1v) is 4.10. The standard InChI is InChI=1S/C8H14O3/c1-2-10-7-3-4-8(9)11-6-5-7/h7H,2-6H2,1H3. The molecule has 3 nitrogen and oxygen atoms in total. The third-order valence-corrected chi connectivity index (χ3v) is 1.78. The average Bonchev–Trinajstić information content (AvgIpc) is 2.17. The van der Waals surface area contributed by atoms with E-state index in [4.69, 9.17) is 9.47 Å². The predicted octanol–water partition coefficient (Wildman–Crippen LogP) is 1.12. The smallest absolute Gasteiger partial charge is 0.305 e. The van der Waals surface area contributed by atoms with Gasteiger partial charge in [0.2, 0.25) is 0 Å². The Morgan fingerprint density at radius 2 is 2.45 bits per heavy atom. The maximum atomic E-state index is 10.8. The normalized spacial score (nSPS) is 25.9. The molecule has 1 aliphatic heterocycles. The molecule has 1 unspecified atom stereocenters. The molecule has 1 fully saturated rings. The molecule has 3 heteroatoms. The minimum absolute atomic E-state index is 0.0906. The van der Waals surface area contributed by atoms with Crippen LogP contribution in [0.3, 0.4) is 0 Å². The minimum atomic E-state index is -0.0906. The Morgan fingerprint density at radius 3 is 3.18 bits per heavy atom. The van der Waals surface area contributed by atoms with Gasteiger partial charge < -0.3 is 9.47 Å². The van der Waals surface area contributed by atoms with E-state index in [1.165, 1.54) is 0 Å². The Hall–Kier alpha value is -0.570. The zero-order chi connectivity index (χ0) is 8.10. The van der Waals surface area contributed by atoms with Crippen LogP contribution in [-0.4, -0.2) is 25.3 Å². The van der Waals surface area contributed by atoms with Gasteiger partial charge in [-0.1, -0.05) is 0 Å². The molecule has 1 atom stereocenters. The van der Waals surface area contributed by atoms with Gasteiger partial charge in [0.15, 0.2) is 0 Å². The van der Waals surface area contributed by atoms with Gasteiger partial charge in [-0.05, 0) is 13.3 Å². The quantitative estimate of drug-likeness (QED) is 0.565. The van der Waals surface area contributed by atoms with Crippen LogP contribution in [-0.2, 0) is 14.3 Å². The van der Waals surface area contributed by atoms with Gasteiger partial charge in [0.1, 0.15) is 0 Å². The number of carbonyl (C=O) groups excluding carboxylic acids is 1. The summed E-state index contributed by atoms with van der Waals surface area (Å²) in [5, 5.41) is 0. The van der Waals surface area contributed by atoms with Gasteiger partial charge in [-0.3, -0.25) is 4.79 Å². The molecule has 64 valence electrons. The van der Waals surface area contributed by atoms with Crippen molar-refractivity contribution < 1.29 is 14.3 Å². The van der Waals surface area contributed by atoms with E-state index in [2.05, 4.69) is 0 Å². The molecule has 0 bridgehead atoms. The highest BCUT2D eigenvalue weighted by atomic mass is 16.5. The Bertz CT molecular complexity index is 133. The minimum Gasteiger partial charge on any atom is -0.466 e. The topological polar surface area (TPSA) is 35.5 Å². The van der Waals surface area contributed by atoms with Crippen molar-refractivity contribution in [2.75, 3.05) is 13.2 Å². The predicted molar refractivity (Wildman–Crippen MR) is 40.2 cm³/mol. The van der Waals surface area contributed by atoms with Crippen LogP contribution < -0.4 is 0 Å². The molecule has 0 radical (unpaired) electrons. The molecule has 0 aromatic carbocycles. The molecule has 0 saturated carbocycles. The van der Waals surface area contributed by atoms with E-state index in [-0.39, 0.29) is 12.1 Å². The Morgan fingerprint density at radius 1 is 1.64 bits per heavy atom. The summed E-state index contributed by atoms with van der Waals surface area (Å²) in [6, 6.07) is 0. The van der Waals surface area contributed by atoms with Crippen molar-refractivity contribution in [2.45, 2.75) is 32.3 Å². The second kappa shape index (κ2) is 4.34. The number of ether oxygens (including phenoxy) is 2. The van der Waals surface area contributed by atoms with Gasteiger partial charge in [0.25, 0.3) is 0 Å². The number of esters is 1. The molecule has 1 heterocycles. The van der Waals surface area contributed by atoms with Crippen LogP contribution >= 0.6 is 0 Å². The average molecular weight is 158 g/mol. The van der Waals surface area contributed by atoms with E-state index in [1.54, 1.807) is 0 Å². The third-order valence-electron chi connectivity index (χ3n) is 1.78. The zero-order valence-corrected chi connectivity index (χ0v) is 6.84. The van der Waals surface area contributed by atoms with Crippen molar-refractivity contribution in [1.29, 1.82) is 0 Å². The van der Waals surface area contributed by atoms with E-state index < -0.39 is 0 Å². The highest BCUT2D eigenvalue weighted by Crippen LogP contribution is 2.12. The van der Waals surface area contributed by atoms with Gasteiger partial charge in [-0.2, -0.15) is 0 Å². The first-order chi connectivity index (χ1) is 5.33. The van der Waals surface area contributed by atoms with Crippen molar-refractivity contribution in [3.63, 3.8) is 0 Å². The molecule has 1 rings (SSSR count). The molecule has 0 aromatic heterocycles. The van der Waals surface area contributed by atoms with Gasteiger partial charge in [-0.15, -0.1) is 0 Å². The first kappa shape index (κ1) is 8.53. The summed E-state index contributed by atoms with van der Waals surface area (Å²) in [4.78, 5) is 10.8. The summed E-state index contributed by atoms with van der Waals surface area (Å²) in [7, 11) is 0. The summed E-state index contributed by atoms with van der Waals surface area (Å²) >= 11 is 0. The third kappa shape index (κ3) is 2.89. The SMILES string of the molecule is CCOC1CCOC(=O)CC1. The van der Waals surface area contributed by atoms with Gasteiger partial charge in [-0.25, -0.2) is 0 Å².